The zero-order chi connectivity index (χ0) is 21.3. The van der Waals surface area contributed by atoms with Crippen molar-refractivity contribution >= 4 is 45.1 Å². The van der Waals surface area contributed by atoms with Crippen molar-refractivity contribution in [3.8, 4) is 0 Å². The molecule has 1 aliphatic rings. The van der Waals surface area contributed by atoms with Crippen molar-refractivity contribution in [3.63, 3.8) is 0 Å². The topological polar surface area (TPSA) is 89.5 Å². The second kappa shape index (κ2) is 8.04. The molecule has 0 spiro atoms. The van der Waals surface area contributed by atoms with Gasteiger partial charge in [-0.2, -0.15) is 0 Å². The predicted molar refractivity (Wildman–Crippen MR) is 113 cm³/mol. The van der Waals surface area contributed by atoms with Crippen LogP contribution < -0.4 is 5.32 Å². The van der Waals surface area contributed by atoms with Gasteiger partial charge in [0.2, 0.25) is 0 Å². The van der Waals surface area contributed by atoms with E-state index in [1.165, 1.54) is 18.2 Å². The molecule has 3 aromatic carbocycles. The highest BCUT2D eigenvalue weighted by Crippen LogP contribution is 2.29. The Bertz CT molecular complexity index is 1200. The first-order valence-corrected chi connectivity index (χ1v) is 9.79. The fourth-order valence-corrected chi connectivity index (χ4v) is 3.52. The lowest BCUT2D eigenvalue weighted by Gasteiger charge is -2.19. The second-order valence-corrected chi connectivity index (χ2v) is 7.48. The Balaban J connectivity index is 1.53. The van der Waals surface area contributed by atoms with Gasteiger partial charge >= 0.3 is 5.97 Å². The zero-order valence-corrected chi connectivity index (χ0v) is 17.1. The number of benzene rings is 3. The van der Waals surface area contributed by atoms with Gasteiger partial charge in [0.25, 0.3) is 5.91 Å². The van der Waals surface area contributed by atoms with Crippen molar-refractivity contribution in [2.24, 2.45) is 0 Å². The van der Waals surface area contributed by atoms with E-state index in [9.17, 15) is 19.2 Å². The average molecular weight is 464 g/mol. The minimum Gasteiger partial charge on any atom is -0.452 e. The minimum atomic E-state index is -0.849. The molecule has 0 fully saturated rings. The molecule has 0 unspecified atom stereocenters. The lowest BCUT2D eigenvalue weighted by atomic mass is 9.82. The van der Waals surface area contributed by atoms with Gasteiger partial charge in [-0.1, -0.05) is 52.3 Å². The van der Waals surface area contributed by atoms with E-state index >= 15 is 0 Å². The third-order valence-electron chi connectivity index (χ3n) is 4.63. The van der Waals surface area contributed by atoms with Crippen LogP contribution in [0.4, 0.5) is 5.69 Å². The van der Waals surface area contributed by atoms with Crippen LogP contribution in [0.1, 0.15) is 42.2 Å². The lowest BCUT2D eigenvalue weighted by Crippen LogP contribution is -2.26. The summed E-state index contributed by atoms with van der Waals surface area (Å²) >= 11 is 3.30. The van der Waals surface area contributed by atoms with Gasteiger partial charge in [0.1, 0.15) is 0 Å². The van der Waals surface area contributed by atoms with Gasteiger partial charge < -0.3 is 10.1 Å². The summed E-state index contributed by atoms with van der Waals surface area (Å²) in [4.78, 5) is 50.4. The number of esters is 1. The van der Waals surface area contributed by atoms with E-state index in [1.54, 1.807) is 48.5 Å². The molecule has 1 aliphatic carbocycles. The van der Waals surface area contributed by atoms with Crippen molar-refractivity contribution in [2.45, 2.75) is 0 Å². The Morgan fingerprint density at radius 1 is 0.800 bits per heavy atom. The van der Waals surface area contributed by atoms with Gasteiger partial charge in [-0.3, -0.25) is 14.4 Å². The SMILES string of the molecule is O=C(COC(=O)c1cccc2c1C(=O)c1ccccc1C2=O)Nc1ccc(Br)cc1. The number of hydrogen-bond acceptors (Lipinski definition) is 5. The summed E-state index contributed by atoms with van der Waals surface area (Å²) in [6, 6.07) is 17.8. The van der Waals surface area contributed by atoms with Crippen LogP contribution in [0.5, 0.6) is 0 Å². The Kier molecular flexibility index (Phi) is 5.29. The normalized spacial score (nSPS) is 12.0. The number of amides is 1. The number of fused-ring (bicyclic) bond motifs is 2. The fraction of sp³-hybridized carbons (Fsp3) is 0.0435. The van der Waals surface area contributed by atoms with Crippen LogP contribution in [0.25, 0.3) is 0 Å². The third kappa shape index (κ3) is 3.67. The Morgan fingerprint density at radius 2 is 1.43 bits per heavy atom. The Hall–Kier alpha value is -3.58. The molecule has 1 N–H and O–H groups in total. The van der Waals surface area contributed by atoms with Crippen molar-refractivity contribution in [1.29, 1.82) is 0 Å². The van der Waals surface area contributed by atoms with Crippen LogP contribution >= 0.6 is 15.9 Å². The summed E-state index contributed by atoms with van der Waals surface area (Å²) in [6.07, 6.45) is 0. The molecule has 4 rings (SSSR count). The van der Waals surface area contributed by atoms with Crippen molar-refractivity contribution in [1.82, 2.24) is 0 Å². The first-order chi connectivity index (χ1) is 14.5. The number of carbonyl (C=O) groups excluding carboxylic acids is 4. The molecule has 0 bridgehead atoms. The second-order valence-electron chi connectivity index (χ2n) is 6.56. The van der Waals surface area contributed by atoms with Crippen molar-refractivity contribution in [2.75, 3.05) is 11.9 Å². The number of ether oxygens (including phenoxy) is 1. The number of nitrogens with one attached hydrogen (secondary N) is 1. The number of anilines is 1. The van der Waals surface area contributed by atoms with Gasteiger partial charge in [0.15, 0.2) is 18.2 Å². The van der Waals surface area contributed by atoms with Crippen LogP contribution in [0.2, 0.25) is 0 Å². The highest BCUT2D eigenvalue weighted by atomic mass is 79.9. The van der Waals surface area contributed by atoms with Crippen LogP contribution in [-0.4, -0.2) is 30.0 Å². The summed E-state index contributed by atoms with van der Waals surface area (Å²) in [5.74, 6) is -2.13. The monoisotopic (exact) mass is 463 g/mol. The summed E-state index contributed by atoms with van der Waals surface area (Å²) in [5.41, 5.74) is 1.19. The summed E-state index contributed by atoms with van der Waals surface area (Å²) in [6.45, 7) is -0.530. The van der Waals surface area contributed by atoms with E-state index in [-0.39, 0.29) is 28.0 Å². The highest BCUT2D eigenvalue weighted by Gasteiger charge is 2.33. The van der Waals surface area contributed by atoms with Gasteiger partial charge in [-0.15, -0.1) is 0 Å². The smallest absolute Gasteiger partial charge is 0.339 e. The maximum atomic E-state index is 12.9. The number of hydrogen-bond donors (Lipinski definition) is 1. The van der Waals surface area contributed by atoms with Crippen molar-refractivity contribution < 1.29 is 23.9 Å². The largest absolute Gasteiger partial charge is 0.452 e. The molecule has 3 aromatic rings. The van der Waals surface area contributed by atoms with E-state index in [0.717, 1.165) is 4.47 Å². The molecule has 0 saturated heterocycles. The van der Waals surface area contributed by atoms with Gasteiger partial charge in [0.05, 0.1) is 5.56 Å². The molecule has 1 amide bonds. The van der Waals surface area contributed by atoms with E-state index in [2.05, 4.69) is 21.2 Å². The molecular formula is C23H14BrNO5. The average Bonchev–Trinajstić information content (AvgIpc) is 2.77. The van der Waals surface area contributed by atoms with Crippen LogP contribution in [0.15, 0.2) is 71.2 Å². The molecule has 0 atom stereocenters. The summed E-state index contributed by atoms with van der Waals surface area (Å²) in [5, 5.41) is 2.61. The minimum absolute atomic E-state index is 0.000447. The zero-order valence-electron chi connectivity index (χ0n) is 15.5. The lowest BCUT2D eigenvalue weighted by molar-refractivity contribution is -0.119. The molecule has 0 aliphatic heterocycles. The summed E-state index contributed by atoms with van der Waals surface area (Å²) in [7, 11) is 0. The highest BCUT2D eigenvalue weighted by molar-refractivity contribution is 9.10. The molecule has 0 heterocycles. The molecule has 0 aromatic heterocycles. The molecule has 0 radical (unpaired) electrons. The third-order valence-corrected chi connectivity index (χ3v) is 5.16. The molecule has 6 nitrogen and oxygen atoms in total. The maximum absolute atomic E-state index is 12.9. The fourth-order valence-electron chi connectivity index (χ4n) is 3.25. The first-order valence-electron chi connectivity index (χ1n) is 8.99. The number of rotatable bonds is 4. The number of halogens is 1. The van der Waals surface area contributed by atoms with Gasteiger partial charge in [-0.25, -0.2) is 4.79 Å². The van der Waals surface area contributed by atoms with Crippen molar-refractivity contribution in [3.05, 3.63) is 99.0 Å². The maximum Gasteiger partial charge on any atom is 0.339 e. The van der Waals surface area contributed by atoms with Gasteiger partial charge in [-0.05, 0) is 30.3 Å². The summed E-state index contributed by atoms with van der Waals surface area (Å²) < 4.78 is 5.96. The Labute approximate surface area is 180 Å². The standard InChI is InChI=1S/C23H14BrNO5/c24-13-8-10-14(11-9-13)25-19(26)12-30-23(29)18-7-3-6-17-20(18)22(28)16-5-2-1-4-15(16)21(17)27/h1-11H,12H2,(H,25,26). The Morgan fingerprint density at radius 3 is 2.13 bits per heavy atom. The van der Waals surface area contributed by atoms with Crippen LogP contribution in [0.3, 0.4) is 0 Å². The van der Waals surface area contributed by atoms with Crippen LogP contribution in [-0.2, 0) is 9.53 Å². The van der Waals surface area contributed by atoms with E-state index < -0.39 is 24.3 Å². The van der Waals surface area contributed by atoms with E-state index in [4.69, 9.17) is 4.74 Å². The molecule has 7 heteroatoms. The number of ketones is 2. The molecule has 0 saturated carbocycles. The van der Waals surface area contributed by atoms with E-state index in [0.29, 0.717) is 11.3 Å². The first kappa shape index (κ1) is 19.7. The van der Waals surface area contributed by atoms with E-state index in [1.807, 2.05) is 0 Å². The van der Waals surface area contributed by atoms with Gasteiger partial charge in [0, 0.05) is 32.4 Å². The molecule has 30 heavy (non-hydrogen) atoms. The molecule has 148 valence electrons. The quantitative estimate of drug-likeness (QED) is 0.461. The van der Waals surface area contributed by atoms with Crippen LogP contribution in [0, 0.1) is 0 Å². The molecular weight excluding hydrogens is 450 g/mol. The predicted octanol–water partition coefficient (Wildman–Crippen LogP) is 4.02. The number of carbonyl (C=O) groups is 4.